The zero-order valence-corrected chi connectivity index (χ0v) is 18.8. The van der Waals surface area contributed by atoms with Crippen LogP contribution in [-0.4, -0.2) is 56.6 Å². The van der Waals surface area contributed by atoms with Crippen LogP contribution >= 0.6 is 0 Å². The molecule has 0 bridgehead atoms. The minimum Gasteiger partial charge on any atom is -0.364 e. The fourth-order valence-electron chi connectivity index (χ4n) is 4.20. The third-order valence-corrected chi connectivity index (χ3v) is 6.24. The van der Waals surface area contributed by atoms with Gasteiger partial charge in [0.1, 0.15) is 11.5 Å². The number of benzene rings is 1. The smallest absolute Gasteiger partial charge is 0.267 e. The molecule has 4 heterocycles. The lowest BCUT2D eigenvalue weighted by Gasteiger charge is -2.28. The van der Waals surface area contributed by atoms with Crippen LogP contribution in [0.5, 0.6) is 0 Å². The second-order valence-corrected chi connectivity index (χ2v) is 8.63. The Morgan fingerprint density at radius 1 is 0.971 bits per heavy atom. The summed E-state index contributed by atoms with van der Waals surface area (Å²) in [7, 11) is 2.15. The Hall–Kier alpha value is -4.11. The van der Waals surface area contributed by atoms with Crippen molar-refractivity contribution < 1.29 is 9.59 Å². The highest BCUT2D eigenvalue weighted by Gasteiger charge is 2.19. The average molecular weight is 456 g/mol. The van der Waals surface area contributed by atoms with Crippen molar-refractivity contribution in [3.63, 3.8) is 0 Å². The summed E-state index contributed by atoms with van der Waals surface area (Å²) >= 11 is 0. The number of amides is 2. The van der Waals surface area contributed by atoms with Gasteiger partial charge in [0, 0.05) is 29.5 Å². The van der Waals surface area contributed by atoms with Crippen LogP contribution in [0.3, 0.4) is 0 Å². The third kappa shape index (κ3) is 4.51. The van der Waals surface area contributed by atoms with Crippen molar-refractivity contribution in [2.75, 3.05) is 25.5 Å². The molecular weight excluding hydrogens is 430 g/mol. The van der Waals surface area contributed by atoms with Crippen molar-refractivity contribution in [3.05, 3.63) is 72.4 Å². The monoisotopic (exact) mass is 455 g/mol. The third-order valence-electron chi connectivity index (χ3n) is 6.24. The van der Waals surface area contributed by atoms with E-state index in [0.717, 1.165) is 47.8 Å². The van der Waals surface area contributed by atoms with Crippen LogP contribution in [-0.2, 0) is 0 Å². The van der Waals surface area contributed by atoms with Gasteiger partial charge >= 0.3 is 0 Å². The summed E-state index contributed by atoms with van der Waals surface area (Å²) in [5, 5.41) is 9.33. The lowest BCUT2D eigenvalue weighted by atomic mass is 10.0. The van der Waals surface area contributed by atoms with Gasteiger partial charge in [0.25, 0.3) is 11.8 Å². The van der Waals surface area contributed by atoms with Gasteiger partial charge in [-0.25, -0.2) is 4.98 Å². The zero-order chi connectivity index (χ0) is 23.7. The van der Waals surface area contributed by atoms with E-state index in [9.17, 15) is 9.59 Å². The van der Waals surface area contributed by atoms with Crippen LogP contribution in [0.2, 0.25) is 0 Å². The van der Waals surface area contributed by atoms with Gasteiger partial charge in [0.2, 0.25) is 0 Å². The summed E-state index contributed by atoms with van der Waals surface area (Å²) < 4.78 is 2.09. The van der Waals surface area contributed by atoms with Crippen LogP contribution in [0.4, 0.5) is 5.82 Å². The molecule has 0 radical (unpaired) electrons. The number of nitrogens with zero attached hydrogens (tertiary/aromatic N) is 5. The molecule has 1 aliphatic rings. The molecule has 1 fully saturated rings. The number of hydrogen-bond donors (Lipinski definition) is 2. The maximum Gasteiger partial charge on any atom is 0.267 e. The largest absolute Gasteiger partial charge is 0.364 e. The minimum absolute atomic E-state index is 0.104. The molecular formula is C25H25N7O2. The first-order valence-corrected chi connectivity index (χ1v) is 11.2. The highest BCUT2D eigenvalue weighted by Crippen LogP contribution is 2.28. The molecule has 0 aliphatic carbocycles. The van der Waals surface area contributed by atoms with Gasteiger partial charge in [0.15, 0.2) is 0 Å². The molecule has 1 aliphatic heterocycles. The first kappa shape index (κ1) is 21.7. The Morgan fingerprint density at radius 2 is 1.79 bits per heavy atom. The number of piperidine rings is 1. The summed E-state index contributed by atoms with van der Waals surface area (Å²) in [6, 6.07) is 11.3. The maximum atomic E-state index is 12.6. The van der Waals surface area contributed by atoms with E-state index in [4.69, 9.17) is 5.73 Å². The normalized spacial score (nSPS) is 14.9. The number of likely N-dealkylation sites (tertiary alicyclic amines) is 1. The van der Waals surface area contributed by atoms with Gasteiger partial charge in [-0.3, -0.25) is 19.3 Å². The molecule has 1 saturated heterocycles. The van der Waals surface area contributed by atoms with E-state index in [-0.39, 0.29) is 11.6 Å². The number of rotatable bonds is 5. The first-order chi connectivity index (χ1) is 16.5. The molecule has 0 saturated carbocycles. The van der Waals surface area contributed by atoms with E-state index < -0.39 is 5.91 Å². The van der Waals surface area contributed by atoms with Crippen LogP contribution < -0.4 is 11.1 Å². The Balaban J connectivity index is 1.34. The molecule has 4 aromatic rings. The van der Waals surface area contributed by atoms with E-state index in [1.807, 2.05) is 18.3 Å². The topological polar surface area (TPSA) is 119 Å². The van der Waals surface area contributed by atoms with E-state index in [2.05, 4.69) is 55.3 Å². The summed E-state index contributed by atoms with van der Waals surface area (Å²) in [5.41, 5.74) is 7.72. The Morgan fingerprint density at radius 3 is 2.53 bits per heavy atom. The number of nitrogens with one attached hydrogen (secondary N) is 1. The summed E-state index contributed by atoms with van der Waals surface area (Å²) in [4.78, 5) is 34.3. The molecule has 2 amide bonds. The van der Waals surface area contributed by atoms with Crippen molar-refractivity contribution in [1.29, 1.82) is 0 Å². The highest BCUT2D eigenvalue weighted by molar-refractivity contribution is 6.04. The maximum absolute atomic E-state index is 12.6. The second-order valence-electron chi connectivity index (χ2n) is 8.63. The zero-order valence-electron chi connectivity index (χ0n) is 18.8. The predicted octanol–water partition coefficient (Wildman–Crippen LogP) is 3.11. The summed E-state index contributed by atoms with van der Waals surface area (Å²) in [5.74, 6) is -0.586. The lowest BCUT2D eigenvalue weighted by Crippen LogP contribution is -2.31. The molecule has 0 spiro atoms. The molecule has 5 rings (SSSR count). The molecule has 0 unspecified atom stereocenters. The average Bonchev–Trinajstić information content (AvgIpc) is 3.34. The Labute approximate surface area is 196 Å². The van der Waals surface area contributed by atoms with Crippen molar-refractivity contribution >= 4 is 28.4 Å². The standard InChI is InChI=1S/C25H25N7O2/c1-31-8-6-21(7-9-31)32-15-20(14-29-32)16-2-3-17-12-28-23(11-19(17)10-16)30-25(34)18-4-5-22(24(26)33)27-13-18/h2-5,10-15,21H,6-9H2,1H3,(H2,26,33)(H,28,30,34). The fraction of sp³-hybridized carbons (Fsp3) is 0.240. The molecule has 9 nitrogen and oxygen atoms in total. The number of primary amides is 1. The SMILES string of the molecule is CN1CCC(n2cc(-c3ccc4cnc(NC(=O)c5ccc(C(N)=O)nc5)cc4c3)cn2)CC1. The van der Waals surface area contributed by atoms with Crippen molar-refractivity contribution in [2.24, 2.45) is 5.73 Å². The van der Waals surface area contributed by atoms with Crippen LogP contribution in [0.1, 0.15) is 39.7 Å². The minimum atomic E-state index is -0.643. The van der Waals surface area contributed by atoms with Crippen molar-refractivity contribution in [2.45, 2.75) is 18.9 Å². The molecule has 3 aromatic heterocycles. The number of pyridine rings is 2. The Kier molecular flexibility index (Phi) is 5.77. The molecule has 172 valence electrons. The van der Waals surface area contributed by atoms with Crippen molar-refractivity contribution in [3.8, 4) is 11.1 Å². The molecule has 9 heteroatoms. The number of carbonyl (C=O) groups excluding carboxylic acids is 2. The van der Waals surface area contributed by atoms with Crippen LogP contribution in [0.15, 0.2) is 61.2 Å². The first-order valence-electron chi connectivity index (χ1n) is 11.2. The molecule has 34 heavy (non-hydrogen) atoms. The fourth-order valence-corrected chi connectivity index (χ4v) is 4.20. The van der Waals surface area contributed by atoms with Gasteiger partial charge in [-0.05, 0) is 68.2 Å². The van der Waals surface area contributed by atoms with E-state index >= 15 is 0 Å². The predicted molar refractivity (Wildman–Crippen MR) is 129 cm³/mol. The van der Waals surface area contributed by atoms with E-state index in [1.54, 1.807) is 6.20 Å². The van der Waals surface area contributed by atoms with Gasteiger partial charge in [-0.1, -0.05) is 12.1 Å². The number of nitrogens with two attached hydrogens (primary N) is 1. The summed E-state index contributed by atoms with van der Waals surface area (Å²) in [6.45, 7) is 2.17. The molecule has 0 atom stereocenters. The lowest BCUT2D eigenvalue weighted by molar-refractivity contribution is 0.0990. The van der Waals surface area contributed by atoms with Crippen LogP contribution in [0.25, 0.3) is 21.9 Å². The van der Waals surface area contributed by atoms with Gasteiger partial charge in [0.05, 0.1) is 17.8 Å². The van der Waals surface area contributed by atoms with Crippen LogP contribution in [0, 0.1) is 0 Å². The quantitative estimate of drug-likeness (QED) is 0.477. The van der Waals surface area contributed by atoms with E-state index in [1.165, 1.54) is 18.3 Å². The number of fused-ring (bicyclic) bond motifs is 1. The van der Waals surface area contributed by atoms with Crippen molar-refractivity contribution in [1.82, 2.24) is 24.6 Å². The number of anilines is 1. The Bertz CT molecular complexity index is 1360. The molecule has 3 N–H and O–H groups in total. The van der Waals surface area contributed by atoms with Gasteiger partial charge in [-0.15, -0.1) is 0 Å². The molecule has 1 aromatic carbocycles. The number of aromatic nitrogens is 4. The van der Waals surface area contributed by atoms with Gasteiger partial charge in [-0.2, -0.15) is 5.10 Å². The number of carbonyl (C=O) groups is 2. The van der Waals surface area contributed by atoms with Gasteiger partial charge < -0.3 is 16.0 Å². The van der Waals surface area contributed by atoms with E-state index in [0.29, 0.717) is 17.4 Å². The number of hydrogen-bond acceptors (Lipinski definition) is 6. The highest BCUT2D eigenvalue weighted by atomic mass is 16.2. The summed E-state index contributed by atoms with van der Waals surface area (Å²) in [6.07, 6.45) is 9.27. The second kappa shape index (κ2) is 9.03.